The molecule has 8 nitrogen and oxygen atoms in total. The van der Waals surface area contributed by atoms with E-state index >= 15 is 0 Å². The van der Waals surface area contributed by atoms with Crippen molar-refractivity contribution in [2.24, 2.45) is 0 Å². The maximum atomic E-state index is 13.6. The molecule has 0 heterocycles. The minimum Gasteiger partial charge on any atom is -0.481 e. The second-order valence-corrected chi connectivity index (χ2v) is 7.18. The smallest absolute Gasteiger partial charge is 0.279 e. The lowest BCUT2D eigenvalue weighted by Crippen LogP contribution is -2.50. The normalized spacial score (nSPS) is 11.1. The summed E-state index contributed by atoms with van der Waals surface area (Å²) in [5.74, 6) is -2.60. The van der Waals surface area contributed by atoms with E-state index in [1.807, 2.05) is 6.07 Å². The van der Waals surface area contributed by atoms with E-state index in [1.54, 1.807) is 48.5 Å². The molecule has 0 aliphatic heterocycles. The molecule has 0 unspecified atom stereocenters. The van der Waals surface area contributed by atoms with E-state index in [-0.39, 0.29) is 11.3 Å². The summed E-state index contributed by atoms with van der Waals surface area (Å²) in [7, 11) is 0. The van der Waals surface area contributed by atoms with Gasteiger partial charge in [-0.05, 0) is 43.3 Å². The van der Waals surface area contributed by atoms with E-state index in [2.05, 4.69) is 16.2 Å². The third kappa shape index (κ3) is 6.49. The number of nitrogens with one attached hydrogen (secondary N) is 3. The monoisotopic (exact) mass is 463 g/mol. The van der Waals surface area contributed by atoms with Crippen LogP contribution in [-0.2, 0) is 9.59 Å². The van der Waals surface area contributed by atoms with Gasteiger partial charge in [0.15, 0.2) is 11.9 Å². The highest BCUT2D eigenvalue weighted by atomic mass is 19.1. The highest BCUT2D eigenvalue weighted by molar-refractivity contribution is 6.09. The number of benzene rings is 3. The number of carbonyl (C=O) groups excluding carboxylic acids is 4. The second-order valence-electron chi connectivity index (χ2n) is 7.18. The predicted octanol–water partition coefficient (Wildman–Crippen LogP) is 2.40. The molecule has 0 bridgehead atoms. The van der Waals surface area contributed by atoms with Crippen LogP contribution >= 0.6 is 0 Å². The van der Waals surface area contributed by atoms with Crippen LogP contribution in [0.1, 0.15) is 33.2 Å². The highest BCUT2D eigenvalue weighted by Crippen LogP contribution is 2.16. The lowest BCUT2D eigenvalue weighted by molar-refractivity contribution is -0.132. The van der Waals surface area contributed by atoms with Gasteiger partial charge in [-0.25, -0.2) is 4.39 Å². The fourth-order valence-corrected chi connectivity index (χ4v) is 2.88. The lowest BCUT2D eigenvalue weighted by atomic mass is 10.0. The van der Waals surface area contributed by atoms with Gasteiger partial charge in [0.2, 0.25) is 0 Å². The zero-order valence-electron chi connectivity index (χ0n) is 18.2. The number of hydrogen-bond acceptors (Lipinski definition) is 5. The molecular formula is C25H22FN3O5. The summed E-state index contributed by atoms with van der Waals surface area (Å²) in [4.78, 5) is 48.4. The van der Waals surface area contributed by atoms with Crippen molar-refractivity contribution in [2.45, 2.75) is 13.0 Å². The van der Waals surface area contributed by atoms with Crippen LogP contribution < -0.4 is 20.9 Å². The summed E-state index contributed by atoms with van der Waals surface area (Å²) in [6, 6.07) is 20.5. The van der Waals surface area contributed by atoms with Crippen molar-refractivity contribution in [1.82, 2.24) is 16.2 Å². The largest absolute Gasteiger partial charge is 0.481 e. The molecule has 9 heteroatoms. The molecule has 0 spiro atoms. The van der Waals surface area contributed by atoms with Crippen molar-refractivity contribution in [3.63, 3.8) is 0 Å². The van der Waals surface area contributed by atoms with Crippen LogP contribution in [0.15, 0.2) is 78.9 Å². The van der Waals surface area contributed by atoms with Gasteiger partial charge in [-0.2, -0.15) is 0 Å². The van der Waals surface area contributed by atoms with E-state index in [4.69, 9.17) is 4.74 Å². The number of rotatable bonds is 8. The average molecular weight is 463 g/mol. The van der Waals surface area contributed by atoms with Gasteiger partial charge in [0, 0.05) is 11.1 Å². The van der Waals surface area contributed by atoms with Gasteiger partial charge < -0.3 is 10.1 Å². The van der Waals surface area contributed by atoms with E-state index in [0.29, 0.717) is 16.9 Å². The number of ether oxygens (including phenoxy) is 1. The summed E-state index contributed by atoms with van der Waals surface area (Å²) in [6.07, 6.45) is -0.969. The topological polar surface area (TPSA) is 114 Å². The Bertz CT molecular complexity index is 1180. The van der Waals surface area contributed by atoms with Crippen LogP contribution in [0, 0.1) is 5.82 Å². The van der Waals surface area contributed by atoms with Gasteiger partial charge in [0.25, 0.3) is 17.7 Å². The number of ketones is 1. The molecule has 3 rings (SSSR count). The summed E-state index contributed by atoms with van der Waals surface area (Å²) in [6.45, 7) is 1.00. The summed E-state index contributed by atoms with van der Waals surface area (Å²) >= 11 is 0. The van der Waals surface area contributed by atoms with Crippen LogP contribution in [0.3, 0.4) is 0 Å². The first kappa shape index (κ1) is 24.1. The molecule has 0 saturated heterocycles. The molecule has 0 aliphatic rings. The Hall–Kier alpha value is -4.53. The third-order valence-electron chi connectivity index (χ3n) is 4.69. The molecular weight excluding hydrogens is 441 g/mol. The molecule has 0 aliphatic carbocycles. The summed E-state index contributed by atoms with van der Waals surface area (Å²) < 4.78 is 19.1. The van der Waals surface area contributed by atoms with Gasteiger partial charge in [-0.15, -0.1) is 0 Å². The van der Waals surface area contributed by atoms with E-state index in [9.17, 15) is 23.6 Å². The minimum absolute atomic E-state index is 0.136. The third-order valence-corrected chi connectivity index (χ3v) is 4.69. The molecule has 3 aromatic rings. The minimum atomic E-state index is -0.969. The van der Waals surface area contributed by atoms with Crippen molar-refractivity contribution in [1.29, 1.82) is 0 Å². The summed E-state index contributed by atoms with van der Waals surface area (Å²) in [5.41, 5.74) is 5.16. The molecule has 3 aromatic carbocycles. The van der Waals surface area contributed by atoms with Crippen molar-refractivity contribution < 1.29 is 28.3 Å². The Morgan fingerprint density at radius 2 is 1.44 bits per heavy atom. The van der Waals surface area contributed by atoms with E-state index in [1.165, 1.54) is 25.1 Å². The second kappa shape index (κ2) is 11.4. The molecule has 174 valence electrons. The Morgan fingerprint density at radius 1 is 0.824 bits per heavy atom. The fourth-order valence-electron chi connectivity index (χ4n) is 2.88. The van der Waals surface area contributed by atoms with Gasteiger partial charge in [-0.1, -0.05) is 42.5 Å². The SMILES string of the molecule is C[C@H](Oc1ccc(C(=O)c2ccccc2)cc1)C(=O)NNC(=O)CNC(=O)c1ccccc1F. The Balaban J connectivity index is 1.44. The number of carbonyl (C=O) groups is 4. The Labute approximate surface area is 195 Å². The fraction of sp³-hybridized carbons (Fsp3) is 0.120. The van der Waals surface area contributed by atoms with Crippen LogP contribution in [0.4, 0.5) is 4.39 Å². The number of hydrazine groups is 1. The van der Waals surface area contributed by atoms with Gasteiger partial charge in [0.05, 0.1) is 12.1 Å². The van der Waals surface area contributed by atoms with Crippen molar-refractivity contribution in [3.05, 3.63) is 101 Å². The number of amides is 3. The average Bonchev–Trinajstić information content (AvgIpc) is 2.86. The highest BCUT2D eigenvalue weighted by Gasteiger charge is 2.17. The van der Waals surface area contributed by atoms with Crippen molar-refractivity contribution in [2.75, 3.05) is 6.54 Å². The van der Waals surface area contributed by atoms with Crippen molar-refractivity contribution >= 4 is 23.5 Å². The first-order valence-corrected chi connectivity index (χ1v) is 10.3. The molecule has 0 fully saturated rings. The molecule has 3 amide bonds. The molecule has 34 heavy (non-hydrogen) atoms. The molecule has 0 saturated carbocycles. The van der Waals surface area contributed by atoms with E-state index < -0.39 is 36.2 Å². The van der Waals surface area contributed by atoms with Gasteiger partial charge in [0.1, 0.15) is 11.6 Å². The molecule has 3 N–H and O–H groups in total. The number of hydrogen-bond donors (Lipinski definition) is 3. The first-order chi connectivity index (χ1) is 16.3. The Kier molecular flexibility index (Phi) is 8.07. The lowest BCUT2D eigenvalue weighted by Gasteiger charge is -2.15. The zero-order valence-corrected chi connectivity index (χ0v) is 18.2. The van der Waals surface area contributed by atoms with Gasteiger partial charge in [-0.3, -0.25) is 30.0 Å². The quantitative estimate of drug-likeness (QED) is 0.351. The van der Waals surface area contributed by atoms with Gasteiger partial charge >= 0.3 is 0 Å². The maximum Gasteiger partial charge on any atom is 0.279 e. The van der Waals surface area contributed by atoms with E-state index in [0.717, 1.165) is 6.07 Å². The van der Waals surface area contributed by atoms with Crippen LogP contribution in [0.5, 0.6) is 5.75 Å². The predicted molar refractivity (Wildman–Crippen MR) is 121 cm³/mol. The molecule has 0 radical (unpaired) electrons. The van der Waals surface area contributed by atoms with Crippen LogP contribution in [0.25, 0.3) is 0 Å². The maximum absolute atomic E-state index is 13.6. The van der Waals surface area contributed by atoms with Crippen LogP contribution in [-0.4, -0.2) is 36.2 Å². The standard InChI is InChI=1S/C25H22FN3O5/c1-16(34-19-13-11-18(12-14-19)23(31)17-7-3-2-4-8-17)24(32)29-28-22(30)15-27-25(33)20-9-5-6-10-21(20)26/h2-14,16H,15H2,1H3,(H,27,33)(H,28,30)(H,29,32)/t16-/m0/s1. The summed E-state index contributed by atoms with van der Waals surface area (Å²) in [5, 5.41) is 2.26. The Morgan fingerprint density at radius 3 is 2.12 bits per heavy atom. The zero-order chi connectivity index (χ0) is 24.5. The molecule has 1 atom stereocenters. The first-order valence-electron chi connectivity index (χ1n) is 10.3. The molecule has 0 aromatic heterocycles. The number of halogens is 1. The van der Waals surface area contributed by atoms with Crippen molar-refractivity contribution in [3.8, 4) is 5.75 Å². The van der Waals surface area contributed by atoms with Crippen LogP contribution in [0.2, 0.25) is 0 Å².